The summed E-state index contributed by atoms with van der Waals surface area (Å²) in [6, 6.07) is 0. The summed E-state index contributed by atoms with van der Waals surface area (Å²) in [7, 11) is 0. The maximum absolute atomic E-state index is 2.52. The maximum Gasteiger partial charge on any atom is -0.0292 e. The minimum Gasteiger partial charge on any atom is -0.0594 e. The van der Waals surface area contributed by atoms with Gasteiger partial charge in [-0.3, -0.25) is 0 Å². The Hall–Kier alpha value is 0. The summed E-state index contributed by atoms with van der Waals surface area (Å²) in [5.74, 6) is 3.45. The fraction of sp³-hybridized carbons (Fsp3) is 1.00. The molecule has 68 valence electrons. The van der Waals surface area contributed by atoms with Crippen molar-refractivity contribution in [3.05, 3.63) is 0 Å². The molecule has 0 nitrogen and oxygen atoms in total. The molecule has 0 N–H and O–H groups in total. The Bertz CT molecular complexity index is 190. The number of hydrogen-bond acceptors (Lipinski definition) is 0. The largest absolute Gasteiger partial charge is 0.0594 e. The lowest BCUT2D eigenvalue weighted by Gasteiger charge is -2.20. The van der Waals surface area contributed by atoms with Crippen molar-refractivity contribution in [1.82, 2.24) is 0 Å². The van der Waals surface area contributed by atoms with Crippen molar-refractivity contribution >= 4 is 0 Å². The first-order valence-electron chi connectivity index (χ1n) is 5.78. The minimum absolute atomic E-state index is 0.841. The predicted molar refractivity (Wildman–Crippen MR) is 50.9 cm³/mol. The average Bonchev–Trinajstić information content (AvgIpc) is 2.57. The summed E-state index contributed by atoms with van der Waals surface area (Å²) in [5, 5.41) is 0. The van der Waals surface area contributed by atoms with E-state index < -0.39 is 0 Å². The van der Waals surface area contributed by atoms with E-state index in [4.69, 9.17) is 0 Å². The molecule has 0 radical (unpaired) electrons. The summed E-state index contributed by atoms with van der Waals surface area (Å²) in [4.78, 5) is 0. The first-order valence-corrected chi connectivity index (χ1v) is 5.78. The molecule has 12 heavy (non-hydrogen) atoms. The monoisotopic (exact) mass is 164 g/mol. The Morgan fingerprint density at radius 2 is 1.75 bits per heavy atom. The van der Waals surface area contributed by atoms with Gasteiger partial charge in [-0.05, 0) is 42.4 Å². The first kappa shape index (κ1) is 7.41. The highest BCUT2D eigenvalue weighted by atomic mass is 14.6. The van der Waals surface area contributed by atoms with Gasteiger partial charge in [0, 0.05) is 0 Å². The lowest BCUT2D eigenvalue weighted by molar-refractivity contribution is 0.303. The highest BCUT2D eigenvalue weighted by Gasteiger charge is 2.57. The van der Waals surface area contributed by atoms with Crippen LogP contribution in [0, 0.1) is 23.2 Å². The molecule has 0 spiro atoms. The molecule has 0 heterocycles. The van der Waals surface area contributed by atoms with Crippen molar-refractivity contribution < 1.29 is 0 Å². The van der Waals surface area contributed by atoms with E-state index in [0.717, 1.165) is 23.2 Å². The summed E-state index contributed by atoms with van der Waals surface area (Å²) in [6.07, 6.45) is 10.9. The molecule has 3 unspecified atom stereocenters. The Kier molecular flexibility index (Phi) is 1.40. The molecule has 3 fully saturated rings. The molecule has 0 aromatic carbocycles. The van der Waals surface area contributed by atoms with Crippen LogP contribution in [0.25, 0.3) is 0 Å². The lowest BCUT2D eigenvalue weighted by Crippen LogP contribution is -2.10. The van der Waals surface area contributed by atoms with Crippen LogP contribution in [-0.4, -0.2) is 0 Å². The molecule has 0 aromatic rings. The molecule has 0 bridgehead atoms. The standard InChI is InChI=1S/C12H20/c1-12-7-10(6-11(12)8-12)9-4-2-3-5-9/h9-11H,2-8H2,1H3. The van der Waals surface area contributed by atoms with Crippen LogP contribution in [0.2, 0.25) is 0 Å². The van der Waals surface area contributed by atoms with Crippen LogP contribution in [0.3, 0.4) is 0 Å². The zero-order valence-corrected chi connectivity index (χ0v) is 8.18. The van der Waals surface area contributed by atoms with Crippen LogP contribution in [0.1, 0.15) is 51.9 Å². The Morgan fingerprint density at radius 1 is 1.00 bits per heavy atom. The van der Waals surface area contributed by atoms with Crippen molar-refractivity contribution in [3.63, 3.8) is 0 Å². The van der Waals surface area contributed by atoms with Gasteiger partial charge in [0.1, 0.15) is 0 Å². The van der Waals surface area contributed by atoms with E-state index in [1.807, 2.05) is 0 Å². The summed E-state index contributed by atoms with van der Waals surface area (Å²) in [6.45, 7) is 2.52. The molecule has 0 amide bonds. The first-order chi connectivity index (χ1) is 5.78. The fourth-order valence-corrected chi connectivity index (χ4v) is 3.96. The molecule has 3 saturated carbocycles. The van der Waals surface area contributed by atoms with Crippen LogP contribution in [-0.2, 0) is 0 Å². The van der Waals surface area contributed by atoms with Crippen LogP contribution in [0.4, 0.5) is 0 Å². The molecular formula is C12H20. The number of fused-ring (bicyclic) bond motifs is 1. The van der Waals surface area contributed by atoms with E-state index in [1.165, 1.54) is 12.8 Å². The quantitative estimate of drug-likeness (QED) is 0.555. The minimum atomic E-state index is 0.841. The normalized spacial score (nSPS) is 52.8. The fourth-order valence-electron chi connectivity index (χ4n) is 3.96. The van der Waals surface area contributed by atoms with E-state index in [1.54, 1.807) is 32.1 Å². The zero-order chi connectivity index (χ0) is 8.18. The molecule has 0 aromatic heterocycles. The molecule has 0 heteroatoms. The second-order valence-electron chi connectivity index (χ2n) is 5.80. The van der Waals surface area contributed by atoms with Crippen LogP contribution >= 0.6 is 0 Å². The van der Waals surface area contributed by atoms with Crippen molar-refractivity contribution in [3.8, 4) is 0 Å². The third-order valence-electron chi connectivity index (χ3n) is 4.92. The predicted octanol–water partition coefficient (Wildman–Crippen LogP) is 3.61. The highest BCUT2D eigenvalue weighted by Crippen LogP contribution is 2.67. The van der Waals surface area contributed by atoms with Crippen molar-refractivity contribution in [2.75, 3.05) is 0 Å². The van der Waals surface area contributed by atoms with Gasteiger partial charge in [0.15, 0.2) is 0 Å². The Morgan fingerprint density at radius 3 is 2.33 bits per heavy atom. The van der Waals surface area contributed by atoms with E-state index in [9.17, 15) is 0 Å². The average molecular weight is 164 g/mol. The van der Waals surface area contributed by atoms with Gasteiger partial charge in [-0.2, -0.15) is 0 Å². The van der Waals surface area contributed by atoms with Crippen LogP contribution < -0.4 is 0 Å². The van der Waals surface area contributed by atoms with Crippen molar-refractivity contribution in [2.45, 2.75) is 51.9 Å². The van der Waals surface area contributed by atoms with E-state index in [-0.39, 0.29) is 0 Å². The van der Waals surface area contributed by atoms with Crippen molar-refractivity contribution in [2.24, 2.45) is 23.2 Å². The Balaban J connectivity index is 1.65. The molecule has 3 rings (SSSR count). The van der Waals surface area contributed by atoms with Gasteiger partial charge >= 0.3 is 0 Å². The summed E-state index contributed by atoms with van der Waals surface area (Å²) < 4.78 is 0. The highest BCUT2D eigenvalue weighted by molar-refractivity contribution is 5.07. The van der Waals surface area contributed by atoms with Gasteiger partial charge in [-0.15, -0.1) is 0 Å². The lowest BCUT2D eigenvalue weighted by atomic mass is 9.85. The topological polar surface area (TPSA) is 0 Å². The van der Waals surface area contributed by atoms with Gasteiger partial charge in [-0.1, -0.05) is 32.6 Å². The number of rotatable bonds is 1. The van der Waals surface area contributed by atoms with Crippen LogP contribution in [0.15, 0.2) is 0 Å². The van der Waals surface area contributed by atoms with Gasteiger partial charge in [0.05, 0.1) is 0 Å². The van der Waals surface area contributed by atoms with E-state index in [0.29, 0.717) is 0 Å². The third-order valence-corrected chi connectivity index (χ3v) is 4.92. The van der Waals surface area contributed by atoms with E-state index in [2.05, 4.69) is 6.92 Å². The summed E-state index contributed by atoms with van der Waals surface area (Å²) >= 11 is 0. The molecule has 3 aliphatic rings. The molecular weight excluding hydrogens is 144 g/mol. The zero-order valence-electron chi connectivity index (χ0n) is 8.18. The second-order valence-corrected chi connectivity index (χ2v) is 5.80. The van der Waals surface area contributed by atoms with Crippen molar-refractivity contribution in [1.29, 1.82) is 0 Å². The Labute approximate surface area is 75.7 Å². The van der Waals surface area contributed by atoms with Gasteiger partial charge < -0.3 is 0 Å². The van der Waals surface area contributed by atoms with E-state index >= 15 is 0 Å². The molecule has 0 saturated heterocycles. The summed E-state index contributed by atoms with van der Waals surface area (Å²) in [5.41, 5.74) is 0.841. The van der Waals surface area contributed by atoms with Gasteiger partial charge in [0.25, 0.3) is 0 Å². The molecule has 0 aliphatic heterocycles. The smallest absolute Gasteiger partial charge is 0.0292 e. The van der Waals surface area contributed by atoms with Crippen LogP contribution in [0.5, 0.6) is 0 Å². The van der Waals surface area contributed by atoms with Gasteiger partial charge in [-0.25, -0.2) is 0 Å². The number of hydrogen-bond donors (Lipinski definition) is 0. The maximum atomic E-state index is 2.52. The second kappa shape index (κ2) is 2.27. The third kappa shape index (κ3) is 0.963. The molecule has 3 aliphatic carbocycles. The SMILES string of the molecule is CC12CC(C3CCCC3)CC1C2. The molecule has 3 atom stereocenters. The van der Waals surface area contributed by atoms with Gasteiger partial charge in [0.2, 0.25) is 0 Å².